The third-order valence-corrected chi connectivity index (χ3v) is 5.72. The number of hydrogen-bond acceptors (Lipinski definition) is 7. The van der Waals surface area contributed by atoms with Gasteiger partial charge in [-0.1, -0.05) is 11.3 Å². The molecule has 0 radical (unpaired) electrons. The van der Waals surface area contributed by atoms with Crippen molar-refractivity contribution in [2.45, 2.75) is 13.8 Å². The zero-order chi connectivity index (χ0) is 22.4. The number of ether oxygens (including phenoxy) is 1. The van der Waals surface area contributed by atoms with E-state index in [9.17, 15) is 18.8 Å². The van der Waals surface area contributed by atoms with Gasteiger partial charge in [0.2, 0.25) is 5.91 Å². The van der Waals surface area contributed by atoms with Crippen LogP contribution in [0.5, 0.6) is 0 Å². The highest BCUT2D eigenvalue weighted by atomic mass is 32.1. The van der Waals surface area contributed by atoms with Crippen LogP contribution in [0.3, 0.4) is 0 Å². The molecule has 9 nitrogen and oxygen atoms in total. The van der Waals surface area contributed by atoms with Gasteiger partial charge in [-0.3, -0.25) is 4.79 Å². The number of urea groups is 1. The molecule has 3 amide bonds. The third-order valence-electron chi connectivity index (χ3n) is 4.66. The van der Waals surface area contributed by atoms with E-state index in [0.29, 0.717) is 36.8 Å². The summed E-state index contributed by atoms with van der Waals surface area (Å²) in [5, 5.41) is 5.44. The zero-order valence-electron chi connectivity index (χ0n) is 17.3. The zero-order valence-corrected chi connectivity index (χ0v) is 18.1. The Morgan fingerprint density at radius 3 is 2.48 bits per heavy atom. The third kappa shape index (κ3) is 5.91. The molecule has 1 aliphatic rings. The van der Waals surface area contributed by atoms with Crippen molar-refractivity contribution in [2.24, 2.45) is 0 Å². The summed E-state index contributed by atoms with van der Waals surface area (Å²) < 4.78 is 18.0. The maximum atomic E-state index is 13.1. The minimum atomic E-state index is -0.480. The van der Waals surface area contributed by atoms with Crippen molar-refractivity contribution < 1.29 is 23.5 Å². The van der Waals surface area contributed by atoms with Gasteiger partial charge in [0.25, 0.3) is 0 Å². The minimum Gasteiger partial charge on any atom is -0.462 e. The first-order valence-electron chi connectivity index (χ1n) is 9.85. The van der Waals surface area contributed by atoms with Gasteiger partial charge in [0.1, 0.15) is 10.7 Å². The van der Waals surface area contributed by atoms with Gasteiger partial charge in [0, 0.05) is 31.9 Å². The topological polar surface area (TPSA) is 104 Å². The number of thiazole rings is 1. The molecule has 1 aliphatic heterocycles. The summed E-state index contributed by atoms with van der Waals surface area (Å²) in [5.41, 5.74) is 1.38. The summed E-state index contributed by atoms with van der Waals surface area (Å²) in [5.74, 6) is -1.21. The van der Waals surface area contributed by atoms with Gasteiger partial charge < -0.3 is 25.2 Å². The molecule has 3 rings (SSSR count). The Morgan fingerprint density at radius 1 is 1.16 bits per heavy atom. The predicted molar refractivity (Wildman–Crippen MR) is 115 cm³/mol. The molecule has 1 aromatic carbocycles. The van der Waals surface area contributed by atoms with Crippen LogP contribution >= 0.6 is 11.3 Å². The van der Waals surface area contributed by atoms with Gasteiger partial charge in [-0.15, -0.1) is 0 Å². The maximum Gasteiger partial charge on any atom is 0.350 e. The quantitative estimate of drug-likeness (QED) is 0.656. The summed E-state index contributed by atoms with van der Waals surface area (Å²) in [6, 6.07) is 5.90. The van der Waals surface area contributed by atoms with Crippen LogP contribution in [0.4, 0.5) is 20.0 Å². The average molecular weight is 450 g/mol. The summed E-state index contributed by atoms with van der Waals surface area (Å²) >= 11 is 1.03. The lowest BCUT2D eigenvalue weighted by molar-refractivity contribution is -0.115. The number of rotatable bonds is 6. The second-order valence-corrected chi connectivity index (χ2v) is 7.81. The predicted octanol–water partition coefficient (Wildman–Crippen LogP) is 2.24. The second-order valence-electron chi connectivity index (χ2n) is 6.81. The van der Waals surface area contributed by atoms with Crippen LogP contribution in [-0.2, 0) is 9.53 Å². The van der Waals surface area contributed by atoms with Crippen molar-refractivity contribution in [3.63, 3.8) is 0 Å². The van der Waals surface area contributed by atoms with Gasteiger partial charge in [-0.25, -0.2) is 19.0 Å². The number of aromatic nitrogens is 1. The van der Waals surface area contributed by atoms with Crippen LogP contribution in [0.1, 0.15) is 22.3 Å². The molecular weight excluding hydrogens is 425 g/mol. The fourth-order valence-corrected chi connectivity index (χ4v) is 3.96. The molecule has 0 atom stereocenters. The van der Waals surface area contributed by atoms with Crippen LogP contribution < -0.4 is 15.5 Å². The van der Waals surface area contributed by atoms with Crippen LogP contribution in [0, 0.1) is 12.7 Å². The number of benzene rings is 1. The van der Waals surface area contributed by atoms with E-state index in [1.165, 1.54) is 12.1 Å². The first-order chi connectivity index (χ1) is 14.9. The van der Waals surface area contributed by atoms with Crippen molar-refractivity contribution in [3.8, 4) is 0 Å². The van der Waals surface area contributed by atoms with E-state index in [0.717, 1.165) is 17.0 Å². The first-order valence-corrected chi connectivity index (χ1v) is 10.7. The number of aryl methyl sites for hydroxylation is 1. The molecule has 0 spiro atoms. The lowest BCUT2D eigenvalue weighted by Gasteiger charge is -2.36. The Hall–Kier alpha value is -3.21. The van der Waals surface area contributed by atoms with E-state index in [1.807, 2.05) is 0 Å². The van der Waals surface area contributed by atoms with E-state index in [4.69, 9.17) is 4.74 Å². The molecule has 1 fully saturated rings. The van der Waals surface area contributed by atoms with Crippen molar-refractivity contribution in [3.05, 3.63) is 40.7 Å². The first kappa shape index (κ1) is 22.5. The highest BCUT2D eigenvalue weighted by Gasteiger charge is 2.22. The lowest BCUT2D eigenvalue weighted by Crippen LogP contribution is -2.52. The average Bonchev–Trinajstić information content (AvgIpc) is 3.13. The van der Waals surface area contributed by atoms with Crippen LogP contribution in [0.2, 0.25) is 0 Å². The number of anilines is 2. The van der Waals surface area contributed by atoms with E-state index in [1.54, 1.807) is 30.9 Å². The van der Waals surface area contributed by atoms with E-state index in [2.05, 4.69) is 20.5 Å². The largest absolute Gasteiger partial charge is 0.462 e. The summed E-state index contributed by atoms with van der Waals surface area (Å²) in [6.45, 7) is 5.60. The molecule has 2 heterocycles. The van der Waals surface area contributed by atoms with Gasteiger partial charge in [-0.2, -0.15) is 0 Å². The molecule has 2 aromatic rings. The standard InChI is InChI=1S/C20H24FN5O4S/c1-3-30-18(28)17-13(2)23-19(31-17)24-16(27)12-22-20(29)26-10-8-25(9-11-26)15-6-4-14(21)5-7-15/h4-7H,3,8-12H2,1-2H3,(H,22,29)(H,23,24,27). The highest BCUT2D eigenvalue weighted by molar-refractivity contribution is 7.17. The monoisotopic (exact) mass is 449 g/mol. The van der Waals surface area contributed by atoms with Gasteiger partial charge in [-0.05, 0) is 38.1 Å². The Kier molecular flexibility index (Phi) is 7.40. The molecule has 11 heteroatoms. The van der Waals surface area contributed by atoms with Gasteiger partial charge in [0.05, 0.1) is 18.8 Å². The lowest BCUT2D eigenvalue weighted by atomic mass is 10.2. The van der Waals surface area contributed by atoms with E-state index < -0.39 is 11.9 Å². The number of amides is 3. The summed E-state index contributed by atoms with van der Waals surface area (Å²) in [7, 11) is 0. The number of carbonyl (C=O) groups excluding carboxylic acids is 3. The molecule has 1 saturated heterocycles. The van der Waals surface area contributed by atoms with Crippen LogP contribution in [0.25, 0.3) is 0 Å². The smallest absolute Gasteiger partial charge is 0.350 e. The molecule has 0 bridgehead atoms. The molecule has 1 aromatic heterocycles. The Balaban J connectivity index is 1.43. The molecule has 166 valence electrons. The summed E-state index contributed by atoms with van der Waals surface area (Å²) in [4.78, 5) is 44.5. The van der Waals surface area contributed by atoms with Crippen molar-refractivity contribution in [2.75, 3.05) is 49.5 Å². The second kappa shape index (κ2) is 10.2. The Labute approximate surface area is 183 Å². The summed E-state index contributed by atoms with van der Waals surface area (Å²) in [6.07, 6.45) is 0. The van der Waals surface area contributed by atoms with E-state index >= 15 is 0 Å². The molecule has 0 unspecified atom stereocenters. The fraction of sp³-hybridized carbons (Fsp3) is 0.400. The minimum absolute atomic E-state index is 0.218. The van der Waals surface area contributed by atoms with Crippen molar-refractivity contribution >= 4 is 40.1 Å². The highest BCUT2D eigenvalue weighted by Crippen LogP contribution is 2.23. The normalized spacial score (nSPS) is 13.6. The Morgan fingerprint density at radius 2 is 1.84 bits per heavy atom. The molecule has 2 N–H and O–H groups in total. The van der Waals surface area contributed by atoms with E-state index in [-0.39, 0.29) is 30.1 Å². The molecule has 31 heavy (non-hydrogen) atoms. The number of carbonyl (C=O) groups is 3. The Bertz CT molecular complexity index is 942. The molecule has 0 aliphatic carbocycles. The van der Waals surface area contributed by atoms with Crippen molar-refractivity contribution in [1.82, 2.24) is 15.2 Å². The fourth-order valence-electron chi connectivity index (χ4n) is 3.09. The van der Waals surface area contributed by atoms with Gasteiger partial charge in [0.15, 0.2) is 5.13 Å². The number of halogens is 1. The van der Waals surface area contributed by atoms with Gasteiger partial charge >= 0.3 is 12.0 Å². The van der Waals surface area contributed by atoms with Crippen LogP contribution in [-0.4, -0.2) is 67.1 Å². The van der Waals surface area contributed by atoms with Crippen LogP contribution in [0.15, 0.2) is 24.3 Å². The molecular formula is C20H24FN5O4S. The maximum absolute atomic E-state index is 13.1. The SMILES string of the molecule is CCOC(=O)c1sc(NC(=O)CNC(=O)N2CCN(c3ccc(F)cc3)CC2)nc1C. The number of hydrogen-bond donors (Lipinski definition) is 2. The number of esters is 1. The number of piperazine rings is 1. The number of nitrogens with zero attached hydrogens (tertiary/aromatic N) is 3. The molecule has 0 saturated carbocycles. The van der Waals surface area contributed by atoms with Crippen molar-refractivity contribution in [1.29, 1.82) is 0 Å². The number of nitrogens with one attached hydrogen (secondary N) is 2.